The standard InChI is InChI=1S/C15H15N5O/c1-10(11-4-2-3-5-13(11)16)19-15(21)12-8-18-20-7-6-17-9-14(12)20/h2-10H,16H2,1H3,(H,19,21). The number of benzene rings is 1. The van der Waals surface area contributed by atoms with Gasteiger partial charge in [-0.2, -0.15) is 5.10 Å². The SMILES string of the molecule is CC(NC(=O)c1cnn2ccncc12)c1ccccc1N. The molecule has 6 nitrogen and oxygen atoms in total. The van der Waals surface area contributed by atoms with Crippen LogP contribution >= 0.6 is 0 Å². The van der Waals surface area contributed by atoms with Crippen LogP contribution in [-0.4, -0.2) is 20.5 Å². The highest BCUT2D eigenvalue weighted by molar-refractivity contribution is 6.00. The lowest BCUT2D eigenvalue weighted by Gasteiger charge is -2.15. The van der Waals surface area contributed by atoms with E-state index in [1.807, 2.05) is 31.2 Å². The molecule has 21 heavy (non-hydrogen) atoms. The number of aromatic nitrogens is 3. The van der Waals surface area contributed by atoms with Crippen molar-refractivity contribution in [2.45, 2.75) is 13.0 Å². The first-order valence-corrected chi connectivity index (χ1v) is 6.59. The molecule has 0 aliphatic heterocycles. The second-order valence-corrected chi connectivity index (χ2v) is 4.79. The molecule has 1 aromatic carbocycles. The van der Waals surface area contributed by atoms with E-state index in [1.54, 1.807) is 23.1 Å². The van der Waals surface area contributed by atoms with Crippen molar-refractivity contribution in [3.8, 4) is 0 Å². The van der Waals surface area contributed by atoms with E-state index in [9.17, 15) is 4.79 Å². The number of nitrogen functional groups attached to an aromatic ring is 1. The number of nitrogens with two attached hydrogens (primary N) is 1. The molecule has 3 aromatic rings. The third kappa shape index (κ3) is 2.43. The van der Waals surface area contributed by atoms with Crippen molar-refractivity contribution in [3.63, 3.8) is 0 Å². The number of amides is 1. The summed E-state index contributed by atoms with van der Waals surface area (Å²) in [5.74, 6) is -0.200. The fraction of sp³-hybridized carbons (Fsp3) is 0.133. The van der Waals surface area contributed by atoms with E-state index < -0.39 is 0 Å². The minimum atomic E-state index is -0.200. The summed E-state index contributed by atoms with van der Waals surface area (Å²) in [5.41, 5.74) is 8.64. The van der Waals surface area contributed by atoms with Gasteiger partial charge in [0.15, 0.2) is 0 Å². The molecular weight excluding hydrogens is 266 g/mol. The number of fused-ring (bicyclic) bond motifs is 1. The van der Waals surface area contributed by atoms with E-state index in [1.165, 1.54) is 6.20 Å². The van der Waals surface area contributed by atoms with Gasteiger partial charge < -0.3 is 11.1 Å². The van der Waals surface area contributed by atoms with Gasteiger partial charge in [-0.1, -0.05) is 18.2 Å². The molecule has 0 aliphatic rings. The smallest absolute Gasteiger partial charge is 0.255 e. The number of hydrogen-bond acceptors (Lipinski definition) is 4. The van der Waals surface area contributed by atoms with Crippen LogP contribution in [0.5, 0.6) is 0 Å². The Balaban J connectivity index is 1.85. The van der Waals surface area contributed by atoms with Crippen LogP contribution in [-0.2, 0) is 0 Å². The van der Waals surface area contributed by atoms with Gasteiger partial charge in [-0.15, -0.1) is 0 Å². The summed E-state index contributed by atoms with van der Waals surface area (Å²) in [7, 11) is 0. The van der Waals surface area contributed by atoms with Gasteiger partial charge in [0, 0.05) is 18.1 Å². The van der Waals surface area contributed by atoms with E-state index in [0.717, 1.165) is 5.56 Å². The van der Waals surface area contributed by atoms with Crippen molar-refractivity contribution in [1.82, 2.24) is 19.9 Å². The molecule has 3 N–H and O–H groups in total. The minimum Gasteiger partial charge on any atom is -0.398 e. The zero-order valence-electron chi connectivity index (χ0n) is 11.5. The van der Waals surface area contributed by atoms with Crippen molar-refractivity contribution < 1.29 is 4.79 Å². The summed E-state index contributed by atoms with van der Waals surface area (Å²) >= 11 is 0. The lowest BCUT2D eigenvalue weighted by atomic mass is 10.1. The van der Waals surface area contributed by atoms with Crippen molar-refractivity contribution in [2.75, 3.05) is 5.73 Å². The molecule has 0 bridgehead atoms. The molecule has 2 aromatic heterocycles. The minimum absolute atomic E-state index is 0.190. The Kier molecular flexibility index (Phi) is 3.27. The van der Waals surface area contributed by atoms with Crippen LogP contribution in [0.15, 0.2) is 49.1 Å². The lowest BCUT2D eigenvalue weighted by Crippen LogP contribution is -2.27. The highest BCUT2D eigenvalue weighted by Gasteiger charge is 2.16. The second kappa shape index (κ2) is 5.24. The number of rotatable bonds is 3. The summed E-state index contributed by atoms with van der Waals surface area (Å²) in [4.78, 5) is 16.4. The average Bonchev–Trinajstić information content (AvgIpc) is 2.91. The first-order chi connectivity index (χ1) is 10.2. The second-order valence-electron chi connectivity index (χ2n) is 4.79. The summed E-state index contributed by atoms with van der Waals surface area (Å²) in [6.07, 6.45) is 6.47. The third-order valence-corrected chi connectivity index (χ3v) is 3.38. The lowest BCUT2D eigenvalue weighted by molar-refractivity contribution is 0.0941. The van der Waals surface area contributed by atoms with Crippen molar-refractivity contribution in [1.29, 1.82) is 0 Å². The molecule has 0 fully saturated rings. The molecule has 0 saturated heterocycles. The molecule has 1 amide bonds. The maximum absolute atomic E-state index is 12.4. The molecule has 6 heteroatoms. The van der Waals surface area contributed by atoms with Gasteiger partial charge >= 0.3 is 0 Å². The van der Waals surface area contributed by atoms with Crippen LogP contribution in [0.3, 0.4) is 0 Å². The number of hydrogen-bond donors (Lipinski definition) is 2. The molecule has 3 rings (SSSR count). The van der Waals surface area contributed by atoms with E-state index in [4.69, 9.17) is 5.73 Å². The molecule has 0 aliphatic carbocycles. The van der Waals surface area contributed by atoms with Crippen LogP contribution in [0.2, 0.25) is 0 Å². The Morgan fingerprint density at radius 3 is 2.95 bits per heavy atom. The Bertz CT molecular complexity index is 795. The molecule has 0 spiro atoms. The molecule has 2 heterocycles. The van der Waals surface area contributed by atoms with Crippen molar-refractivity contribution in [2.24, 2.45) is 0 Å². The van der Waals surface area contributed by atoms with Crippen LogP contribution < -0.4 is 11.1 Å². The number of para-hydroxylation sites is 1. The number of nitrogens with zero attached hydrogens (tertiary/aromatic N) is 3. The summed E-state index contributed by atoms with van der Waals surface area (Å²) in [6, 6.07) is 7.29. The number of carbonyl (C=O) groups is 1. The van der Waals surface area contributed by atoms with E-state index in [2.05, 4.69) is 15.4 Å². The van der Waals surface area contributed by atoms with Crippen LogP contribution in [0, 0.1) is 0 Å². The first kappa shape index (κ1) is 13.1. The first-order valence-electron chi connectivity index (χ1n) is 6.59. The maximum Gasteiger partial charge on any atom is 0.255 e. The zero-order valence-corrected chi connectivity index (χ0v) is 11.5. The van der Waals surface area contributed by atoms with Crippen molar-refractivity contribution >= 4 is 17.1 Å². The summed E-state index contributed by atoms with van der Waals surface area (Å²) in [5, 5.41) is 7.06. The number of nitrogens with one attached hydrogen (secondary N) is 1. The predicted molar refractivity (Wildman–Crippen MR) is 79.7 cm³/mol. The Labute approximate surface area is 121 Å². The quantitative estimate of drug-likeness (QED) is 0.717. The Morgan fingerprint density at radius 2 is 2.14 bits per heavy atom. The van der Waals surface area contributed by atoms with Crippen LogP contribution in [0.25, 0.3) is 5.52 Å². The van der Waals surface area contributed by atoms with Gasteiger partial charge in [0.1, 0.15) is 0 Å². The van der Waals surface area contributed by atoms with E-state index in [-0.39, 0.29) is 11.9 Å². The molecule has 106 valence electrons. The summed E-state index contributed by atoms with van der Waals surface area (Å²) in [6.45, 7) is 1.90. The maximum atomic E-state index is 12.4. The molecule has 1 atom stereocenters. The fourth-order valence-electron chi connectivity index (χ4n) is 2.27. The summed E-state index contributed by atoms with van der Waals surface area (Å²) < 4.78 is 1.61. The van der Waals surface area contributed by atoms with Crippen LogP contribution in [0.1, 0.15) is 28.9 Å². The van der Waals surface area contributed by atoms with Gasteiger partial charge in [0.2, 0.25) is 0 Å². The van der Waals surface area contributed by atoms with Gasteiger partial charge in [0.25, 0.3) is 5.91 Å². The molecular formula is C15H15N5O. The van der Waals surface area contributed by atoms with Gasteiger partial charge in [0.05, 0.1) is 29.5 Å². The highest BCUT2D eigenvalue weighted by atomic mass is 16.1. The third-order valence-electron chi connectivity index (χ3n) is 3.38. The van der Waals surface area contributed by atoms with Crippen molar-refractivity contribution in [3.05, 3.63) is 60.2 Å². The normalized spacial score (nSPS) is 12.2. The fourth-order valence-corrected chi connectivity index (χ4v) is 2.27. The van der Waals surface area contributed by atoms with Gasteiger partial charge in [-0.05, 0) is 18.6 Å². The Morgan fingerprint density at radius 1 is 1.33 bits per heavy atom. The van der Waals surface area contributed by atoms with E-state index >= 15 is 0 Å². The highest BCUT2D eigenvalue weighted by Crippen LogP contribution is 2.20. The predicted octanol–water partition coefficient (Wildman–Crippen LogP) is 1.80. The molecule has 0 saturated carbocycles. The zero-order chi connectivity index (χ0) is 14.8. The van der Waals surface area contributed by atoms with E-state index in [0.29, 0.717) is 16.8 Å². The Hall–Kier alpha value is -2.89. The molecule has 1 unspecified atom stereocenters. The number of carbonyl (C=O) groups excluding carboxylic acids is 1. The molecule has 0 radical (unpaired) electrons. The average molecular weight is 281 g/mol. The topological polar surface area (TPSA) is 85.3 Å². The van der Waals surface area contributed by atoms with Crippen LogP contribution in [0.4, 0.5) is 5.69 Å². The van der Waals surface area contributed by atoms with Gasteiger partial charge in [-0.3, -0.25) is 9.78 Å². The largest absolute Gasteiger partial charge is 0.398 e. The monoisotopic (exact) mass is 281 g/mol. The van der Waals surface area contributed by atoms with Gasteiger partial charge in [-0.25, -0.2) is 4.52 Å². The number of anilines is 1.